The van der Waals surface area contributed by atoms with Crippen molar-refractivity contribution in [2.24, 2.45) is 4.99 Å². The molecule has 1 saturated heterocycles. The van der Waals surface area contributed by atoms with Gasteiger partial charge in [0, 0.05) is 43.5 Å². The Morgan fingerprint density at radius 1 is 1.15 bits per heavy atom. The van der Waals surface area contributed by atoms with Crippen LogP contribution in [-0.4, -0.2) is 74.7 Å². The summed E-state index contributed by atoms with van der Waals surface area (Å²) in [5.41, 5.74) is 12.7. The molecule has 0 saturated carbocycles. The van der Waals surface area contributed by atoms with Gasteiger partial charge in [-0.05, 0) is 24.5 Å². The lowest BCUT2D eigenvalue weighted by Gasteiger charge is -2.40. The number of aliphatic imine (C=N–C) groups is 1. The minimum absolute atomic E-state index is 0.0653. The average molecular weight is 553 g/mol. The second-order valence-electron chi connectivity index (χ2n) is 9.80. The Morgan fingerprint density at radius 3 is 2.64 bits per heavy atom. The third-order valence-electron chi connectivity index (χ3n) is 7.08. The molecule has 1 spiro atoms. The van der Waals surface area contributed by atoms with Crippen LogP contribution < -0.4 is 27.4 Å². The Balaban J connectivity index is 1.20. The number of guanidine groups is 1. The normalized spacial score (nSPS) is 17.0. The first-order chi connectivity index (χ1) is 18.6. The fraction of sp³-hybridized carbons (Fsp3) is 0.360. The Labute approximate surface area is 228 Å². The van der Waals surface area contributed by atoms with Crippen molar-refractivity contribution in [3.63, 3.8) is 0 Å². The minimum Gasteiger partial charge on any atom is -0.382 e. The van der Waals surface area contributed by atoms with Crippen LogP contribution in [0, 0.1) is 0 Å². The van der Waals surface area contributed by atoms with Gasteiger partial charge in [-0.1, -0.05) is 29.8 Å². The molecule has 2 aromatic heterocycles. The number of halogens is 1. The van der Waals surface area contributed by atoms with E-state index in [9.17, 15) is 14.4 Å². The second kappa shape index (κ2) is 10.4. The van der Waals surface area contributed by atoms with Crippen molar-refractivity contribution in [1.29, 1.82) is 0 Å². The molecule has 0 radical (unpaired) electrons. The van der Waals surface area contributed by atoms with Crippen LogP contribution in [0.3, 0.4) is 0 Å². The number of carbonyl (C=O) groups is 3. The topological polar surface area (TPSA) is 197 Å². The quantitative estimate of drug-likeness (QED) is 0.264. The van der Waals surface area contributed by atoms with Gasteiger partial charge < -0.3 is 32.0 Å². The molecule has 39 heavy (non-hydrogen) atoms. The predicted octanol–water partition coefficient (Wildman–Crippen LogP) is 0.573. The number of nitrogens with one attached hydrogen (secondary N) is 4. The molecule has 8 N–H and O–H groups in total. The Bertz CT molecular complexity index is 1480. The fourth-order valence-corrected chi connectivity index (χ4v) is 5.16. The molecule has 0 bridgehead atoms. The number of likely N-dealkylation sites (tertiary alicyclic amines) is 1. The molecule has 204 valence electrons. The zero-order chi connectivity index (χ0) is 27.7. The number of hydrogen-bond acceptors (Lipinski definition) is 9. The van der Waals surface area contributed by atoms with Crippen molar-refractivity contribution in [3.8, 4) is 0 Å². The number of nitrogens with two attached hydrogens (primary N) is 2. The SMILES string of the molecule is CC(=O)NC(Cc1c[nH]c2ccccc12)C(=O)N1CCC2(CC1)CN=C(NC(=O)c1nc(Cl)c(N)nc1N)N2. The monoisotopic (exact) mass is 552 g/mol. The van der Waals surface area contributed by atoms with Gasteiger partial charge in [0.25, 0.3) is 5.91 Å². The number of carbonyl (C=O) groups excluding carboxylic acids is 3. The first-order valence-electron chi connectivity index (χ1n) is 12.5. The number of piperidine rings is 1. The lowest BCUT2D eigenvalue weighted by molar-refractivity contribution is -0.137. The van der Waals surface area contributed by atoms with Crippen molar-refractivity contribution in [2.45, 2.75) is 37.8 Å². The van der Waals surface area contributed by atoms with Crippen LogP contribution in [0.5, 0.6) is 0 Å². The maximum absolute atomic E-state index is 13.5. The van der Waals surface area contributed by atoms with E-state index in [1.54, 1.807) is 4.90 Å². The van der Waals surface area contributed by atoms with E-state index in [2.05, 4.69) is 35.9 Å². The highest BCUT2D eigenvalue weighted by atomic mass is 35.5. The predicted molar refractivity (Wildman–Crippen MR) is 147 cm³/mol. The maximum Gasteiger partial charge on any atom is 0.280 e. The summed E-state index contributed by atoms with van der Waals surface area (Å²) in [7, 11) is 0. The molecular weight excluding hydrogens is 524 g/mol. The number of hydrogen-bond donors (Lipinski definition) is 6. The van der Waals surface area contributed by atoms with Crippen LogP contribution in [0.4, 0.5) is 11.6 Å². The van der Waals surface area contributed by atoms with Gasteiger partial charge in [-0.3, -0.25) is 24.7 Å². The summed E-state index contributed by atoms with van der Waals surface area (Å²) < 4.78 is 0. The first kappa shape index (κ1) is 26.2. The highest BCUT2D eigenvalue weighted by molar-refractivity contribution is 6.31. The summed E-state index contributed by atoms with van der Waals surface area (Å²) in [6, 6.07) is 7.17. The number of aromatic amines is 1. The summed E-state index contributed by atoms with van der Waals surface area (Å²) in [6.07, 6.45) is 3.47. The lowest BCUT2D eigenvalue weighted by atomic mass is 9.88. The minimum atomic E-state index is -0.684. The molecule has 1 aromatic carbocycles. The summed E-state index contributed by atoms with van der Waals surface area (Å²) in [6.45, 7) is 2.78. The van der Waals surface area contributed by atoms with Crippen LogP contribution in [0.25, 0.3) is 10.9 Å². The molecule has 2 aliphatic rings. The van der Waals surface area contributed by atoms with E-state index < -0.39 is 17.5 Å². The summed E-state index contributed by atoms with van der Waals surface area (Å²) in [5, 5.41) is 9.68. The van der Waals surface area contributed by atoms with Gasteiger partial charge in [-0.25, -0.2) is 9.97 Å². The summed E-state index contributed by atoms with van der Waals surface area (Å²) >= 11 is 5.88. The van der Waals surface area contributed by atoms with E-state index >= 15 is 0 Å². The van der Waals surface area contributed by atoms with Crippen LogP contribution in [0.15, 0.2) is 35.5 Å². The molecule has 1 atom stereocenters. The first-order valence-corrected chi connectivity index (χ1v) is 12.9. The van der Waals surface area contributed by atoms with Crippen molar-refractivity contribution >= 4 is 57.8 Å². The number of nitrogens with zero attached hydrogens (tertiary/aromatic N) is 4. The Kier molecular flexibility index (Phi) is 7.00. The number of benzene rings is 1. The number of rotatable bonds is 5. The smallest absolute Gasteiger partial charge is 0.280 e. The zero-order valence-corrected chi connectivity index (χ0v) is 22.0. The van der Waals surface area contributed by atoms with Gasteiger partial charge >= 0.3 is 0 Å². The maximum atomic E-state index is 13.5. The average Bonchev–Trinajstić information content (AvgIpc) is 3.49. The van der Waals surface area contributed by atoms with E-state index in [1.807, 2.05) is 30.5 Å². The molecule has 3 amide bonds. The highest BCUT2D eigenvalue weighted by Gasteiger charge is 2.41. The summed E-state index contributed by atoms with van der Waals surface area (Å²) in [4.78, 5) is 55.3. The molecular formula is C25H29ClN10O3. The number of fused-ring (bicyclic) bond motifs is 1. The van der Waals surface area contributed by atoms with Crippen LogP contribution >= 0.6 is 11.6 Å². The van der Waals surface area contributed by atoms with Crippen molar-refractivity contribution < 1.29 is 14.4 Å². The molecule has 13 nitrogen and oxygen atoms in total. The van der Waals surface area contributed by atoms with E-state index in [0.717, 1.165) is 16.5 Å². The van der Waals surface area contributed by atoms with Crippen LogP contribution in [-0.2, 0) is 16.0 Å². The van der Waals surface area contributed by atoms with E-state index in [1.165, 1.54) is 6.92 Å². The number of nitrogen functional groups attached to an aromatic ring is 2. The zero-order valence-electron chi connectivity index (χ0n) is 21.3. The third kappa shape index (κ3) is 5.43. The van der Waals surface area contributed by atoms with Gasteiger partial charge in [0.2, 0.25) is 11.8 Å². The number of anilines is 2. The molecule has 3 aromatic rings. The van der Waals surface area contributed by atoms with Crippen molar-refractivity contribution in [1.82, 2.24) is 35.8 Å². The molecule has 2 aliphatic heterocycles. The largest absolute Gasteiger partial charge is 0.382 e. The molecule has 4 heterocycles. The van der Waals surface area contributed by atoms with Crippen LogP contribution in [0.1, 0.15) is 35.8 Å². The lowest BCUT2D eigenvalue weighted by Crippen LogP contribution is -2.59. The van der Waals surface area contributed by atoms with E-state index in [0.29, 0.717) is 38.9 Å². The Morgan fingerprint density at radius 2 is 1.90 bits per heavy atom. The molecule has 5 rings (SSSR count). The highest BCUT2D eigenvalue weighted by Crippen LogP contribution is 2.27. The molecule has 14 heteroatoms. The van der Waals surface area contributed by atoms with Gasteiger partial charge in [-0.15, -0.1) is 0 Å². The standard InChI is InChI=1S/C25H29ClN10O3/c1-13(37)31-17(10-14-11-29-16-5-3-2-4-15(14)16)23(39)36-8-6-25(7-9-36)12-30-24(35-25)34-22(38)18-20(27)33-21(28)19(26)32-18/h2-5,11,17,29H,6-10,12H2,1H3,(H,31,37)(H4,27,28,33)(H2,30,34,35,38). The fourth-order valence-electron chi connectivity index (χ4n) is 5.03. The number of amides is 3. The molecule has 1 fully saturated rings. The van der Waals surface area contributed by atoms with Gasteiger partial charge in [0.1, 0.15) is 6.04 Å². The third-order valence-corrected chi connectivity index (χ3v) is 7.36. The molecule has 1 unspecified atom stereocenters. The summed E-state index contributed by atoms with van der Waals surface area (Å²) in [5.74, 6) is -0.939. The Hall–Kier alpha value is -4.39. The van der Waals surface area contributed by atoms with Crippen molar-refractivity contribution in [3.05, 3.63) is 46.9 Å². The van der Waals surface area contributed by atoms with E-state index in [-0.39, 0.29) is 40.3 Å². The van der Waals surface area contributed by atoms with Crippen LogP contribution in [0.2, 0.25) is 5.15 Å². The molecule has 0 aliphatic carbocycles. The van der Waals surface area contributed by atoms with Gasteiger partial charge in [0.05, 0.1) is 12.1 Å². The van der Waals surface area contributed by atoms with E-state index in [4.69, 9.17) is 23.1 Å². The van der Waals surface area contributed by atoms with Gasteiger partial charge in [-0.2, -0.15) is 0 Å². The number of para-hydroxylation sites is 1. The second-order valence-corrected chi connectivity index (χ2v) is 10.2. The number of H-pyrrole nitrogens is 1. The number of aromatic nitrogens is 3. The van der Waals surface area contributed by atoms with Gasteiger partial charge in [0.15, 0.2) is 28.4 Å². The van der Waals surface area contributed by atoms with Crippen molar-refractivity contribution in [2.75, 3.05) is 31.1 Å².